The van der Waals surface area contributed by atoms with Crippen LogP contribution in [0.15, 0.2) is 29.0 Å². The van der Waals surface area contributed by atoms with Gasteiger partial charge in [0.15, 0.2) is 0 Å². The summed E-state index contributed by atoms with van der Waals surface area (Å²) in [5, 5.41) is 4.22. The summed E-state index contributed by atoms with van der Waals surface area (Å²) in [6.45, 7) is 2.00. The Morgan fingerprint density at radius 2 is 2.11 bits per heavy atom. The summed E-state index contributed by atoms with van der Waals surface area (Å²) in [7, 11) is 1.90. The normalized spacial score (nSPS) is 11.3. The van der Waals surface area contributed by atoms with Crippen molar-refractivity contribution in [2.45, 2.75) is 6.92 Å². The minimum absolute atomic E-state index is 0.627. The van der Waals surface area contributed by atoms with Crippen LogP contribution in [0.2, 0.25) is 0 Å². The number of nitrogen functional groups attached to an aromatic ring is 1. The highest BCUT2D eigenvalue weighted by molar-refractivity contribution is 9.10. The minimum atomic E-state index is 0.627. The van der Waals surface area contributed by atoms with Gasteiger partial charge in [0.05, 0.1) is 6.20 Å². The maximum Gasteiger partial charge on any atom is 0.139 e. The monoisotopic (exact) mass is 305 g/mol. The Bertz CT molecular complexity index is 740. The van der Waals surface area contributed by atoms with Gasteiger partial charge in [-0.3, -0.25) is 9.08 Å². The van der Waals surface area contributed by atoms with Gasteiger partial charge < -0.3 is 5.73 Å². The van der Waals surface area contributed by atoms with E-state index >= 15 is 0 Å². The van der Waals surface area contributed by atoms with Crippen molar-refractivity contribution in [2.24, 2.45) is 7.05 Å². The average Bonchev–Trinajstić information content (AvgIpc) is 2.83. The van der Waals surface area contributed by atoms with Crippen LogP contribution in [0.1, 0.15) is 5.69 Å². The van der Waals surface area contributed by atoms with Crippen LogP contribution in [0.5, 0.6) is 0 Å². The molecule has 0 atom stereocenters. The smallest absolute Gasteiger partial charge is 0.139 e. The van der Waals surface area contributed by atoms with Crippen LogP contribution in [0.4, 0.5) is 5.82 Å². The van der Waals surface area contributed by atoms with Crippen molar-refractivity contribution in [3.8, 4) is 11.3 Å². The number of nitrogens with two attached hydrogens (primary N) is 1. The molecular weight excluding hydrogens is 294 g/mol. The van der Waals surface area contributed by atoms with Gasteiger partial charge in [-0.25, -0.2) is 4.98 Å². The summed E-state index contributed by atoms with van der Waals surface area (Å²) >= 11 is 3.43. The molecule has 0 radical (unpaired) electrons. The third kappa shape index (κ3) is 1.53. The first kappa shape index (κ1) is 11.3. The maximum absolute atomic E-state index is 6.16. The van der Waals surface area contributed by atoms with E-state index in [4.69, 9.17) is 5.73 Å². The number of hydrogen-bond donors (Lipinski definition) is 1. The number of anilines is 1. The zero-order valence-electron chi connectivity index (χ0n) is 10.1. The summed E-state index contributed by atoms with van der Waals surface area (Å²) in [5.41, 5.74) is 9.78. The van der Waals surface area contributed by atoms with Crippen molar-refractivity contribution >= 4 is 27.4 Å². The zero-order chi connectivity index (χ0) is 12.9. The number of fused-ring (bicyclic) bond motifs is 1. The molecule has 18 heavy (non-hydrogen) atoms. The molecular formula is C12H12BrN5. The molecule has 0 aliphatic rings. The molecule has 0 unspecified atom stereocenters. The van der Waals surface area contributed by atoms with Gasteiger partial charge in [0.2, 0.25) is 0 Å². The molecule has 3 aromatic heterocycles. The molecule has 0 aliphatic heterocycles. The number of imidazole rings is 1. The molecule has 92 valence electrons. The number of halogens is 1. The highest BCUT2D eigenvalue weighted by Crippen LogP contribution is 2.29. The summed E-state index contributed by atoms with van der Waals surface area (Å²) in [6.07, 6.45) is 3.70. The van der Waals surface area contributed by atoms with E-state index in [0.29, 0.717) is 5.82 Å². The van der Waals surface area contributed by atoms with Crippen molar-refractivity contribution in [1.29, 1.82) is 0 Å². The molecule has 0 bridgehead atoms. The second-order valence-corrected chi connectivity index (χ2v) is 5.10. The topological polar surface area (TPSA) is 61.1 Å². The molecule has 0 saturated carbocycles. The Hall–Kier alpha value is -1.82. The highest BCUT2D eigenvalue weighted by atomic mass is 79.9. The molecule has 0 amide bonds. The van der Waals surface area contributed by atoms with Gasteiger partial charge in [0.1, 0.15) is 17.2 Å². The SMILES string of the molecule is Cc1c(-c2nc3ccc(Br)cn3c2N)cnn1C. The molecule has 0 aliphatic carbocycles. The number of aromatic nitrogens is 4. The van der Waals surface area contributed by atoms with Crippen LogP contribution in [-0.2, 0) is 7.05 Å². The predicted molar refractivity (Wildman–Crippen MR) is 74.2 cm³/mol. The fourth-order valence-corrected chi connectivity index (χ4v) is 2.30. The molecule has 3 aromatic rings. The van der Waals surface area contributed by atoms with Gasteiger partial charge in [0, 0.05) is 29.0 Å². The third-order valence-electron chi connectivity index (χ3n) is 3.11. The van der Waals surface area contributed by atoms with E-state index in [1.807, 2.05) is 41.4 Å². The van der Waals surface area contributed by atoms with Crippen LogP contribution in [0.3, 0.4) is 0 Å². The third-order valence-corrected chi connectivity index (χ3v) is 3.58. The standard InChI is InChI=1S/C12H12BrN5/c1-7-9(5-15-17(7)2)11-12(14)18-6-8(13)3-4-10(18)16-11/h3-6H,14H2,1-2H3. The van der Waals surface area contributed by atoms with Gasteiger partial charge >= 0.3 is 0 Å². The zero-order valence-corrected chi connectivity index (χ0v) is 11.6. The van der Waals surface area contributed by atoms with Crippen LogP contribution in [0.25, 0.3) is 16.9 Å². The quantitative estimate of drug-likeness (QED) is 0.751. The fraction of sp³-hybridized carbons (Fsp3) is 0.167. The number of hydrogen-bond acceptors (Lipinski definition) is 3. The van der Waals surface area contributed by atoms with Crippen molar-refractivity contribution in [2.75, 3.05) is 5.73 Å². The molecule has 3 heterocycles. The highest BCUT2D eigenvalue weighted by Gasteiger charge is 2.15. The molecule has 2 N–H and O–H groups in total. The van der Waals surface area contributed by atoms with E-state index in [2.05, 4.69) is 26.0 Å². The lowest BCUT2D eigenvalue weighted by molar-refractivity contribution is 0.740. The van der Waals surface area contributed by atoms with Crippen molar-refractivity contribution in [3.63, 3.8) is 0 Å². The van der Waals surface area contributed by atoms with Crippen LogP contribution < -0.4 is 5.73 Å². The summed E-state index contributed by atoms with van der Waals surface area (Å²) in [5.74, 6) is 0.627. The first-order valence-corrected chi connectivity index (χ1v) is 6.29. The van der Waals surface area contributed by atoms with Crippen molar-refractivity contribution < 1.29 is 0 Å². The Kier molecular flexibility index (Phi) is 2.41. The second-order valence-electron chi connectivity index (χ2n) is 4.19. The van der Waals surface area contributed by atoms with Gasteiger partial charge in [0.25, 0.3) is 0 Å². The summed E-state index contributed by atoms with van der Waals surface area (Å²) in [4.78, 5) is 4.56. The summed E-state index contributed by atoms with van der Waals surface area (Å²) < 4.78 is 4.65. The second kappa shape index (κ2) is 3.84. The lowest BCUT2D eigenvalue weighted by Crippen LogP contribution is -1.95. The van der Waals surface area contributed by atoms with E-state index in [9.17, 15) is 0 Å². The number of pyridine rings is 1. The first-order chi connectivity index (χ1) is 8.58. The van der Waals surface area contributed by atoms with Crippen LogP contribution >= 0.6 is 15.9 Å². The lowest BCUT2D eigenvalue weighted by Gasteiger charge is -1.99. The summed E-state index contributed by atoms with van der Waals surface area (Å²) in [6, 6.07) is 3.87. The van der Waals surface area contributed by atoms with E-state index < -0.39 is 0 Å². The molecule has 0 spiro atoms. The molecule has 6 heteroatoms. The van der Waals surface area contributed by atoms with Gasteiger partial charge in [-0.15, -0.1) is 0 Å². The van der Waals surface area contributed by atoms with Gasteiger partial charge in [-0.1, -0.05) is 0 Å². The van der Waals surface area contributed by atoms with E-state index in [-0.39, 0.29) is 0 Å². The van der Waals surface area contributed by atoms with Gasteiger partial charge in [-0.05, 0) is 35.0 Å². The fourth-order valence-electron chi connectivity index (χ4n) is 1.97. The largest absolute Gasteiger partial charge is 0.383 e. The van der Waals surface area contributed by atoms with E-state index in [1.54, 1.807) is 6.20 Å². The Labute approximate surface area is 112 Å². The molecule has 0 saturated heterocycles. The van der Waals surface area contributed by atoms with Crippen LogP contribution in [-0.4, -0.2) is 19.2 Å². The molecule has 5 nitrogen and oxygen atoms in total. The van der Waals surface area contributed by atoms with Crippen LogP contribution in [0, 0.1) is 6.92 Å². The van der Waals surface area contributed by atoms with Gasteiger partial charge in [-0.2, -0.15) is 5.10 Å². The Balaban J connectivity index is 2.30. The average molecular weight is 306 g/mol. The first-order valence-electron chi connectivity index (χ1n) is 5.50. The molecule has 3 rings (SSSR count). The number of aryl methyl sites for hydroxylation is 1. The minimum Gasteiger partial charge on any atom is -0.383 e. The number of rotatable bonds is 1. The number of nitrogens with zero attached hydrogens (tertiary/aromatic N) is 4. The molecule has 0 fully saturated rings. The van der Waals surface area contributed by atoms with Crippen molar-refractivity contribution in [3.05, 3.63) is 34.7 Å². The van der Waals surface area contributed by atoms with Crippen molar-refractivity contribution in [1.82, 2.24) is 19.2 Å². The predicted octanol–water partition coefficient (Wildman–Crippen LogP) is 2.39. The van der Waals surface area contributed by atoms with E-state index in [0.717, 1.165) is 27.1 Å². The van der Waals surface area contributed by atoms with E-state index in [1.165, 1.54) is 0 Å². The maximum atomic E-state index is 6.16. The Morgan fingerprint density at radius 1 is 1.33 bits per heavy atom. The Morgan fingerprint density at radius 3 is 2.78 bits per heavy atom. The lowest BCUT2D eigenvalue weighted by atomic mass is 10.2. The molecule has 0 aromatic carbocycles.